The Morgan fingerprint density at radius 2 is 2.21 bits per heavy atom. The molecule has 1 aliphatic rings. The summed E-state index contributed by atoms with van der Waals surface area (Å²) in [5.74, 6) is 3.53. The summed E-state index contributed by atoms with van der Waals surface area (Å²) in [6, 6.07) is -0.395. The van der Waals surface area contributed by atoms with Crippen LogP contribution in [0.2, 0.25) is 0 Å². The van der Waals surface area contributed by atoms with Crippen molar-refractivity contribution in [3.8, 4) is 12.3 Å². The van der Waals surface area contributed by atoms with Gasteiger partial charge in [0.05, 0.1) is 6.04 Å². The van der Waals surface area contributed by atoms with Gasteiger partial charge >= 0.3 is 0 Å². The number of terminal acetylenes is 1. The SMILES string of the molecule is C#CCC(N)c1nc(C2(OCC)CCCCC2)no1. The van der Waals surface area contributed by atoms with Crippen molar-refractivity contribution < 1.29 is 9.26 Å². The molecule has 0 aromatic carbocycles. The van der Waals surface area contributed by atoms with Gasteiger partial charge < -0.3 is 15.0 Å². The maximum atomic E-state index is 5.94. The Kier molecular flexibility index (Phi) is 4.56. The summed E-state index contributed by atoms with van der Waals surface area (Å²) in [5, 5.41) is 4.07. The van der Waals surface area contributed by atoms with Gasteiger partial charge in [0.2, 0.25) is 11.7 Å². The van der Waals surface area contributed by atoms with Crippen LogP contribution in [0.15, 0.2) is 4.52 Å². The Labute approximate surface area is 113 Å². The third-order valence-electron chi connectivity index (χ3n) is 3.59. The Balaban J connectivity index is 2.20. The summed E-state index contributed by atoms with van der Waals surface area (Å²) in [6.45, 7) is 2.63. The topological polar surface area (TPSA) is 74.2 Å². The molecule has 5 heteroatoms. The van der Waals surface area contributed by atoms with E-state index in [1.807, 2.05) is 6.92 Å². The molecule has 1 aliphatic carbocycles. The van der Waals surface area contributed by atoms with E-state index in [0.717, 1.165) is 25.7 Å². The van der Waals surface area contributed by atoms with Crippen molar-refractivity contribution in [1.82, 2.24) is 10.1 Å². The monoisotopic (exact) mass is 263 g/mol. The minimum absolute atomic E-state index is 0.392. The summed E-state index contributed by atoms with van der Waals surface area (Å²) in [5.41, 5.74) is 5.49. The summed E-state index contributed by atoms with van der Waals surface area (Å²) in [7, 11) is 0. The lowest BCUT2D eigenvalue weighted by molar-refractivity contribution is -0.0777. The van der Waals surface area contributed by atoms with Crippen LogP contribution in [0.3, 0.4) is 0 Å². The third kappa shape index (κ3) is 2.96. The number of aromatic nitrogens is 2. The number of hydrogen-bond donors (Lipinski definition) is 1. The number of hydrogen-bond acceptors (Lipinski definition) is 5. The second-order valence-electron chi connectivity index (χ2n) is 4.96. The van der Waals surface area contributed by atoms with E-state index in [-0.39, 0.29) is 0 Å². The van der Waals surface area contributed by atoms with E-state index in [1.165, 1.54) is 6.42 Å². The molecule has 104 valence electrons. The van der Waals surface area contributed by atoms with Crippen LogP contribution >= 0.6 is 0 Å². The van der Waals surface area contributed by atoms with E-state index in [1.54, 1.807) is 0 Å². The lowest BCUT2D eigenvalue weighted by atomic mass is 9.84. The van der Waals surface area contributed by atoms with Gasteiger partial charge in [-0.25, -0.2) is 0 Å². The summed E-state index contributed by atoms with van der Waals surface area (Å²) >= 11 is 0. The highest BCUT2D eigenvalue weighted by Crippen LogP contribution is 2.39. The van der Waals surface area contributed by atoms with Crippen LogP contribution < -0.4 is 5.73 Å². The normalized spacial score (nSPS) is 19.8. The molecule has 1 saturated carbocycles. The first kappa shape index (κ1) is 14.0. The molecular formula is C14H21N3O2. The molecule has 2 rings (SSSR count). The van der Waals surface area contributed by atoms with Crippen LogP contribution in [-0.2, 0) is 10.3 Å². The lowest BCUT2D eigenvalue weighted by Gasteiger charge is -2.33. The van der Waals surface area contributed by atoms with Crippen LogP contribution in [0.1, 0.15) is 63.2 Å². The highest BCUT2D eigenvalue weighted by Gasteiger charge is 2.39. The first-order chi connectivity index (χ1) is 9.22. The number of rotatable bonds is 5. The molecule has 1 atom stereocenters. The van der Waals surface area contributed by atoms with Crippen molar-refractivity contribution in [3.63, 3.8) is 0 Å². The highest BCUT2D eigenvalue weighted by atomic mass is 16.5. The first-order valence-corrected chi connectivity index (χ1v) is 6.89. The zero-order valence-corrected chi connectivity index (χ0v) is 11.4. The van der Waals surface area contributed by atoms with Gasteiger partial charge in [-0.15, -0.1) is 12.3 Å². The summed E-state index contributed by atoms with van der Waals surface area (Å²) < 4.78 is 11.2. The molecule has 5 nitrogen and oxygen atoms in total. The highest BCUT2D eigenvalue weighted by molar-refractivity contribution is 5.06. The fraction of sp³-hybridized carbons (Fsp3) is 0.714. The van der Waals surface area contributed by atoms with Crippen LogP contribution in [-0.4, -0.2) is 16.7 Å². The molecule has 1 aromatic heterocycles. The van der Waals surface area contributed by atoms with Gasteiger partial charge in [0.1, 0.15) is 5.60 Å². The first-order valence-electron chi connectivity index (χ1n) is 6.89. The molecule has 2 N–H and O–H groups in total. The van der Waals surface area contributed by atoms with E-state index < -0.39 is 11.6 Å². The lowest BCUT2D eigenvalue weighted by Crippen LogP contribution is -2.33. The molecule has 0 spiro atoms. The predicted molar refractivity (Wildman–Crippen MR) is 71.1 cm³/mol. The van der Waals surface area contributed by atoms with Crippen LogP contribution in [0, 0.1) is 12.3 Å². The molecular weight excluding hydrogens is 242 g/mol. The van der Waals surface area contributed by atoms with E-state index >= 15 is 0 Å². The van der Waals surface area contributed by atoms with Crippen molar-refractivity contribution >= 4 is 0 Å². The zero-order valence-electron chi connectivity index (χ0n) is 11.4. The van der Waals surface area contributed by atoms with Crippen molar-refractivity contribution in [2.75, 3.05) is 6.61 Å². The van der Waals surface area contributed by atoms with Crippen molar-refractivity contribution in [2.45, 2.75) is 57.1 Å². The number of nitrogens with two attached hydrogens (primary N) is 1. The Morgan fingerprint density at radius 3 is 2.84 bits per heavy atom. The van der Waals surface area contributed by atoms with Crippen LogP contribution in [0.5, 0.6) is 0 Å². The molecule has 1 aromatic rings. The van der Waals surface area contributed by atoms with E-state index in [4.69, 9.17) is 21.4 Å². The van der Waals surface area contributed by atoms with Crippen LogP contribution in [0.25, 0.3) is 0 Å². The minimum atomic E-state index is -0.398. The van der Waals surface area contributed by atoms with E-state index in [2.05, 4.69) is 16.1 Å². The Hall–Kier alpha value is -1.38. The third-order valence-corrected chi connectivity index (χ3v) is 3.59. The molecule has 0 amide bonds. The maximum Gasteiger partial charge on any atom is 0.244 e. The molecule has 1 unspecified atom stereocenters. The van der Waals surface area contributed by atoms with Gasteiger partial charge in [-0.3, -0.25) is 0 Å². The van der Waals surface area contributed by atoms with E-state index in [0.29, 0.717) is 24.7 Å². The quantitative estimate of drug-likeness (QED) is 0.825. The summed E-state index contributed by atoms with van der Waals surface area (Å²) in [6.07, 6.45) is 11.0. The summed E-state index contributed by atoms with van der Waals surface area (Å²) in [4.78, 5) is 4.42. The van der Waals surface area contributed by atoms with Crippen molar-refractivity contribution in [3.05, 3.63) is 11.7 Å². The van der Waals surface area contributed by atoms with Crippen molar-refractivity contribution in [1.29, 1.82) is 0 Å². The van der Waals surface area contributed by atoms with Gasteiger partial charge in [0, 0.05) is 13.0 Å². The molecule has 0 bridgehead atoms. The number of ether oxygens (including phenoxy) is 1. The van der Waals surface area contributed by atoms with Gasteiger partial charge in [-0.1, -0.05) is 24.4 Å². The fourth-order valence-corrected chi connectivity index (χ4v) is 2.62. The Morgan fingerprint density at radius 1 is 1.47 bits per heavy atom. The molecule has 0 radical (unpaired) electrons. The standard InChI is InChI=1S/C14H21N3O2/c1-3-8-11(15)12-16-13(17-19-12)14(18-4-2)9-6-5-7-10-14/h1,11H,4-10,15H2,2H3. The van der Waals surface area contributed by atoms with Gasteiger partial charge in [-0.05, 0) is 19.8 Å². The average molecular weight is 263 g/mol. The maximum absolute atomic E-state index is 5.94. The van der Waals surface area contributed by atoms with Gasteiger partial charge in [0.25, 0.3) is 0 Å². The number of nitrogens with zero attached hydrogens (tertiary/aromatic N) is 2. The second kappa shape index (κ2) is 6.18. The predicted octanol–water partition coefficient (Wildman–Crippen LogP) is 2.29. The minimum Gasteiger partial charge on any atom is -0.367 e. The zero-order chi connectivity index (χ0) is 13.7. The van der Waals surface area contributed by atoms with Crippen molar-refractivity contribution in [2.24, 2.45) is 5.73 Å². The smallest absolute Gasteiger partial charge is 0.244 e. The molecule has 0 aliphatic heterocycles. The average Bonchev–Trinajstić information content (AvgIpc) is 2.91. The Bertz CT molecular complexity index is 438. The largest absolute Gasteiger partial charge is 0.367 e. The van der Waals surface area contributed by atoms with Gasteiger partial charge in [0.15, 0.2) is 0 Å². The van der Waals surface area contributed by atoms with Crippen LogP contribution in [0.4, 0.5) is 0 Å². The van der Waals surface area contributed by atoms with Gasteiger partial charge in [-0.2, -0.15) is 4.98 Å². The van der Waals surface area contributed by atoms with E-state index in [9.17, 15) is 0 Å². The molecule has 1 fully saturated rings. The second-order valence-corrected chi connectivity index (χ2v) is 4.96. The molecule has 19 heavy (non-hydrogen) atoms. The fourth-order valence-electron chi connectivity index (χ4n) is 2.62. The molecule has 1 heterocycles. The molecule has 0 saturated heterocycles.